The highest BCUT2D eigenvalue weighted by Gasteiger charge is 2.15. The zero-order valence-corrected chi connectivity index (χ0v) is 12.4. The second-order valence-electron chi connectivity index (χ2n) is 4.95. The largest absolute Gasteiger partial charge is 0.398 e. The molecule has 0 saturated carbocycles. The van der Waals surface area contributed by atoms with Gasteiger partial charge in [0.25, 0.3) is 0 Å². The minimum absolute atomic E-state index is 0.327. The minimum atomic E-state index is -0.327. The van der Waals surface area contributed by atoms with E-state index in [1.807, 2.05) is 18.2 Å². The fourth-order valence-corrected chi connectivity index (χ4v) is 2.65. The van der Waals surface area contributed by atoms with Crippen LogP contribution < -0.4 is 5.73 Å². The smallest absolute Gasteiger partial charge is 0.143 e. The zero-order valence-electron chi connectivity index (χ0n) is 11.6. The number of aromatic nitrogens is 2. The molecule has 0 unspecified atom stereocenters. The Morgan fingerprint density at radius 2 is 2.05 bits per heavy atom. The normalized spacial score (nSPS) is 11.2. The molecule has 0 atom stereocenters. The first-order valence-corrected chi connectivity index (χ1v) is 7.19. The van der Waals surface area contributed by atoms with Gasteiger partial charge in [-0.25, -0.2) is 9.37 Å². The number of hydrogen-bond donors (Lipinski definition) is 1. The van der Waals surface area contributed by atoms with E-state index in [1.165, 1.54) is 12.1 Å². The Labute approximate surface area is 127 Å². The first kappa shape index (κ1) is 13.9. The Morgan fingerprint density at radius 1 is 1.24 bits per heavy atom. The molecule has 0 aliphatic heterocycles. The molecule has 1 aromatic heterocycles. The third-order valence-corrected chi connectivity index (χ3v) is 3.65. The van der Waals surface area contributed by atoms with Crippen LogP contribution in [0.15, 0.2) is 36.4 Å². The number of halogens is 2. The molecule has 0 radical (unpaired) electrons. The lowest BCUT2D eigenvalue weighted by Gasteiger charge is -2.10. The molecule has 3 aromatic rings. The van der Waals surface area contributed by atoms with E-state index in [9.17, 15) is 4.39 Å². The lowest BCUT2D eigenvalue weighted by molar-refractivity contribution is 0.628. The maximum absolute atomic E-state index is 13.6. The highest BCUT2D eigenvalue weighted by Crippen LogP contribution is 2.30. The summed E-state index contributed by atoms with van der Waals surface area (Å²) >= 11 is 6.03. The Bertz CT molecular complexity index is 811. The van der Waals surface area contributed by atoms with Crippen molar-refractivity contribution >= 4 is 28.3 Å². The van der Waals surface area contributed by atoms with Crippen LogP contribution in [0.3, 0.4) is 0 Å². The summed E-state index contributed by atoms with van der Waals surface area (Å²) < 4.78 is 15.6. The number of fused-ring (bicyclic) bond motifs is 1. The third kappa shape index (κ3) is 2.47. The molecule has 0 aliphatic carbocycles. The predicted octanol–water partition coefficient (Wildman–Crippen LogP) is 4.49. The van der Waals surface area contributed by atoms with Gasteiger partial charge in [0, 0.05) is 22.8 Å². The number of nitrogens with zero attached hydrogens (tertiary/aromatic N) is 2. The van der Waals surface area contributed by atoms with Gasteiger partial charge in [-0.3, -0.25) is 0 Å². The van der Waals surface area contributed by atoms with E-state index >= 15 is 0 Å². The summed E-state index contributed by atoms with van der Waals surface area (Å²) in [5.41, 5.74) is 8.87. The van der Waals surface area contributed by atoms with Crippen LogP contribution in [0.1, 0.15) is 13.3 Å². The SMILES string of the molecule is CCCn1c(-c2cc(F)ccc2N)nc2cc(Cl)ccc21. The predicted molar refractivity (Wildman–Crippen MR) is 84.8 cm³/mol. The van der Waals surface area contributed by atoms with Gasteiger partial charge in [-0.2, -0.15) is 0 Å². The van der Waals surface area contributed by atoms with E-state index in [1.54, 1.807) is 6.07 Å². The van der Waals surface area contributed by atoms with E-state index < -0.39 is 0 Å². The van der Waals surface area contributed by atoms with Crippen molar-refractivity contribution in [2.75, 3.05) is 5.73 Å². The van der Waals surface area contributed by atoms with Crippen LogP contribution in [0.2, 0.25) is 5.02 Å². The molecule has 1 heterocycles. The summed E-state index contributed by atoms with van der Waals surface area (Å²) in [6.45, 7) is 2.86. The molecule has 5 heteroatoms. The fourth-order valence-electron chi connectivity index (χ4n) is 2.48. The highest BCUT2D eigenvalue weighted by atomic mass is 35.5. The molecule has 0 saturated heterocycles. The van der Waals surface area contributed by atoms with Gasteiger partial charge in [-0.15, -0.1) is 0 Å². The number of hydrogen-bond acceptors (Lipinski definition) is 2. The number of nitrogen functional groups attached to an aromatic ring is 1. The van der Waals surface area contributed by atoms with Crippen LogP contribution in [0.4, 0.5) is 10.1 Å². The topological polar surface area (TPSA) is 43.8 Å². The van der Waals surface area contributed by atoms with Gasteiger partial charge in [0.15, 0.2) is 0 Å². The van der Waals surface area contributed by atoms with Crippen molar-refractivity contribution < 1.29 is 4.39 Å². The van der Waals surface area contributed by atoms with E-state index in [2.05, 4.69) is 16.5 Å². The van der Waals surface area contributed by atoms with E-state index in [0.29, 0.717) is 22.1 Å². The van der Waals surface area contributed by atoms with E-state index in [0.717, 1.165) is 24.0 Å². The van der Waals surface area contributed by atoms with Crippen LogP contribution >= 0.6 is 11.6 Å². The monoisotopic (exact) mass is 303 g/mol. The Hall–Kier alpha value is -2.07. The maximum atomic E-state index is 13.6. The quantitative estimate of drug-likeness (QED) is 0.725. The van der Waals surface area contributed by atoms with Crippen LogP contribution in [-0.2, 0) is 6.54 Å². The summed E-state index contributed by atoms with van der Waals surface area (Å²) in [4.78, 5) is 4.60. The average Bonchev–Trinajstić information content (AvgIpc) is 2.80. The summed E-state index contributed by atoms with van der Waals surface area (Å²) in [6.07, 6.45) is 0.941. The number of rotatable bonds is 3. The second kappa shape index (κ2) is 5.37. The number of anilines is 1. The lowest BCUT2D eigenvalue weighted by Crippen LogP contribution is -2.02. The van der Waals surface area contributed by atoms with Gasteiger partial charge in [0.1, 0.15) is 11.6 Å². The summed E-state index contributed by atoms with van der Waals surface area (Å²) in [7, 11) is 0. The van der Waals surface area contributed by atoms with Crippen molar-refractivity contribution in [1.29, 1.82) is 0 Å². The summed E-state index contributed by atoms with van der Waals surface area (Å²) in [5, 5.41) is 0.627. The molecule has 0 spiro atoms. The number of aryl methyl sites for hydroxylation is 1. The van der Waals surface area contributed by atoms with Gasteiger partial charge < -0.3 is 10.3 Å². The van der Waals surface area contributed by atoms with Crippen molar-refractivity contribution in [2.24, 2.45) is 0 Å². The van der Waals surface area contributed by atoms with Crippen molar-refractivity contribution in [1.82, 2.24) is 9.55 Å². The standard InChI is InChI=1S/C16H15ClFN3/c1-2-7-21-15-6-3-10(17)8-14(15)20-16(21)12-9-11(18)4-5-13(12)19/h3-6,8-9H,2,7,19H2,1H3. The van der Waals surface area contributed by atoms with E-state index in [4.69, 9.17) is 17.3 Å². The minimum Gasteiger partial charge on any atom is -0.398 e. The molecular formula is C16H15ClFN3. The van der Waals surface area contributed by atoms with Gasteiger partial charge in [0.2, 0.25) is 0 Å². The number of nitrogens with two attached hydrogens (primary N) is 1. The van der Waals surface area contributed by atoms with Crippen LogP contribution in [0.25, 0.3) is 22.4 Å². The first-order chi connectivity index (χ1) is 10.1. The Balaban J connectivity index is 2.30. The molecule has 21 heavy (non-hydrogen) atoms. The molecule has 0 fully saturated rings. The van der Waals surface area contributed by atoms with Gasteiger partial charge >= 0.3 is 0 Å². The second-order valence-corrected chi connectivity index (χ2v) is 5.39. The number of benzene rings is 2. The average molecular weight is 304 g/mol. The number of imidazole rings is 1. The lowest BCUT2D eigenvalue weighted by atomic mass is 10.1. The van der Waals surface area contributed by atoms with Crippen LogP contribution in [-0.4, -0.2) is 9.55 Å². The van der Waals surface area contributed by atoms with Crippen molar-refractivity contribution in [3.05, 3.63) is 47.2 Å². The molecular weight excluding hydrogens is 289 g/mol. The Kier molecular flexibility index (Phi) is 3.55. The van der Waals surface area contributed by atoms with Gasteiger partial charge in [0.05, 0.1) is 11.0 Å². The van der Waals surface area contributed by atoms with Crippen molar-refractivity contribution in [2.45, 2.75) is 19.9 Å². The molecule has 0 aliphatic rings. The first-order valence-electron chi connectivity index (χ1n) is 6.81. The van der Waals surface area contributed by atoms with Gasteiger partial charge in [-0.1, -0.05) is 18.5 Å². The molecule has 2 N–H and O–H groups in total. The molecule has 0 bridgehead atoms. The molecule has 3 nitrogen and oxygen atoms in total. The Morgan fingerprint density at radius 3 is 2.81 bits per heavy atom. The summed E-state index contributed by atoms with van der Waals surface area (Å²) in [6, 6.07) is 9.90. The maximum Gasteiger partial charge on any atom is 0.143 e. The zero-order chi connectivity index (χ0) is 15.0. The van der Waals surface area contributed by atoms with Gasteiger partial charge in [-0.05, 0) is 42.8 Å². The molecule has 3 rings (SSSR count). The van der Waals surface area contributed by atoms with E-state index in [-0.39, 0.29) is 5.82 Å². The third-order valence-electron chi connectivity index (χ3n) is 3.41. The van der Waals surface area contributed by atoms with Crippen molar-refractivity contribution in [3.63, 3.8) is 0 Å². The molecule has 2 aromatic carbocycles. The highest BCUT2D eigenvalue weighted by molar-refractivity contribution is 6.31. The summed E-state index contributed by atoms with van der Waals surface area (Å²) in [5.74, 6) is 0.346. The molecule has 108 valence electrons. The fraction of sp³-hybridized carbons (Fsp3) is 0.188. The van der Waals surface area contributed by atoms with Crippen LogP contribution in [0.5, 0.6) is 0 Å². The van der Waals surface area contributed by atoms with Crippen LogP contribution in [0, 0.1) is 5.82 Å². The van der Waals surface area contributed by atoms with Crippen molar-refractivity contribution in [3.8, 4) is 11.4 Å². The molecule has 0 amide bonds.